The highest BCUT2D eigenvalue weighted by atomic mass is 16.5. The van der Waals surface area contributed by atoms with Crippen molar-refractivity contribution in [3.63, 3.8) is 0 Å². The third kappa shape index (κ3) is 4.10. The molecule has 1 aromatic heterocycles. The largest absolute Gasteiger partial charge is 0.481 e. The summed E-state index contributed by atoms with van der Waals surface area (Å²) >= 11 is 0. The van der Waals surface area contributed by atoms with Crippen LogP contribution in [0.15, 0.2) is 18.3 Å². The van der Waals surface area contributed by atoms with Crippen LogP contribution in [0, 0.1) is 17.8 Å². The number of pyridine rings is 1. The molecule has 1 amide bonds. The number of fused-ring (bicyclic) bond motifs is 4. The molecule has 4 fully saturated rings. The molecule has 1 saturated carbocycles. The van der Waals surface area contributed by atoms with Crippen LogP contribution in [0.2, 0.25) is 0 Å². The van der Waals surface area contributed by atoms with Gasteiger partial charge in [0.1, 0.15) is 0 Å². The third-order valence-corrected chi connectivity index (χ3v) is 8.28. The van der Waals surface area contributed by atoms with Crippen LogP contribution in [0.3, 0.4) is 0 Å². The predicted octanol–water partition coefficient (Wildman–Crippen LogP) is 4.26. The Morgan fingerprint density at radius 3 is 2.67 bits per heavy atom. The Labute approximate surface area is 181 Å². The summed E-state index contributed by atoms with van der Waals surface area (Å²) in [5.74, 6) is 3.24. The molecule has 3 saturated heterocycles. The lowest BCUT2D eigenvalue weighted by Crippen LogP contribution is -2.65. The number of piperidine rings is 3. The number of ether oxygens (including phenoxy) is 1. The number of hydrogen-bond acceptors (Lipinski definition) is 4. The highest BCUT2D eigenvalue weighted by Crippen LogP contribution is 2.44. The zero-order chi connectivity index (χ0) is 20.5. The van der Waals surface area contributed by atoms with E-state index in [1.807, 2.05) is 12.3 Å². The lowest BCUT2D eigenvalue weighted by atomic mass is 9.69. The van der Waals surface area contributed by atoms with Crippen LogP contribution in [0.25, 0.3) is 0 Å². The second-order valence-corrected chi connectivity index (χ2v) is 10.2. The van der Waals surface area contributed by atoms with Gasteiger partial charge in [-0.15, -0.1) is 0 Å². The average molecular weight is 412 g/mol. The van der Waals surface area contributed by atoms with Gasteiger partial charge < -0.3 is 9.64 Å². The topological polar surface area (TPSA) is 45.7 Å². The molecule has 5 nitrogen and oxygen atoms in total. The van der Waals surface area contributed by atoms with Crippen LogP contribution in [-0.4, -0.2) is 53.0 Å². The zero-order valence-corrected chi connectivity index (χ0v) is 18.5. The van der Waals surface area contributed by atoms with Crippen LogP contribution in [-0.2, 0) is 11.3 Å². The molecular formula is C25H37N3O2. The molecule has 1 aliphatic carbocycles. The smallest absolute Gasteiger partial charge is 0.223 e. The first kappa shape index (κ1) is 20.3. The number of amides is 1. The summed E-state index contributed by atoms with van der Waals surface area (Å²) in [6.07, 6.45) is 14.5. The molecule has 4 aliphatic rings. The van der Waals surface area contributed by atoms with Gasteiger partial charge >= 0.3 is 0 Å². The minimum atomic E-state index is 0.453. The monoisotopic (exact) mass is 411 g/mol. The van der Waals surface area contributed by atoms with E-state index in [-0.39, 0.29) is 0 Å². The number of nitrogens with zero attached hydrogens (tertiary/aromatic N) is 3. The SMILES string of the molecule is COc1ccc(CN2C[C@H]3C[C@@H](C2)[C@H](CC2CCCCC2)N2C(=O)CCC[C@@H]32)cn1. The Bertz CT molecular complexity index is 730. The lowest BCUT2D eigenvalue weighted by Gasteiger charge is -2.57. The highest BCUT2D eigenvalue weighted by Gasteiger charge is 2.49. The van der Waals surface area contributed by atoms with Gasteiger partial charge in [-0.2, -0.15) is 0 Å². The van der Waals surface area contributed by atoms with Gasteiger partial charge in [0.05, 0.1) is 7.11 Å². The molecule has 3 aliphatic heterocycles. The third-order valence-electron chi connectivity index (χ3n) is 8.28. The molecule has 0 spiro atoms. The Morgan fingerprint density at radius 1 is 1.07 bits per heavy atom. The first-order valence-corrected chi connectivity index (χ1v) is 12.2. The number of likely N-dealkylation sites (tertiary alicyclic amines) is 1. The van der Waals surface area contributed by atoms with Crippen LogP contribution < -0.4 is 4.74 Å². The summed E-state index contributed by atoms with van der Waals surface area (Å²) in [4.78, 5) is 22.5. The first-order valence-electron chi connectivity index (χ1n) is 12.2. The lowest BCUT2D eigenvalue weighted by molar-refractivity contribution is -0.154. The van der Waals surface area contributed by atoms with Crippen LogP contribution in [0.1, 0.15) is 69.8 Å². The molecular weight excluding hydrogens is 374 g/mol. The molecule has 0 aromatic carbocycles. The van der Waals surface area contributed by atoms with E-state index in [2.05, 4.69) is 20.9 Å². The maximum Gasteiger partial charge on any atom is 0.223 e. The van der Waals surface area contributed by atoms with Gasteiger partial charge in [0, 0.05) is 50.4 Å². The fraction of sp³-hybridized carbons (Fsp3) is 0.760. The van der Waals surface area contributed by atoms with E-state index in [1.54, 1.807) is 7.11 Å². The number of carbonyl (C=O) groups excluding carboxylic acids is 1. The molecule has 30 heavy (non-hydrogen) atoms. The van der Waals surface area contributed by atoms with Crippen molar-refractivity contribution in [2.75, 3.05) is 20.2 Å². The predicted molar refractivity (Wildman–Crippen MR) is 117 cm³/mol. The number of aromatic nitrogens is 1. The van der Waals surface area contributed by atoms with Crippen molar-refractivity contribution >= 4 is 5.91 Å². The fourth-order valence-electron chi connectivity index (χ4n) is 6.95. The summed E-state index contributed by atoms with van der Waals surface area (Å²) in [5.41, 5.74) is 1.26. The maximum atomic E-state index is 13.0. The number of rotatable bonds is 5. The van der Waals surface area contributed by atoms with E-state index in [9.17, 15) is 4.79 Å². The highest BCUT2D eigenvalue weighted by molar-refractivity contribution is 5.78. The maximum absolute atomic E-state index is 13.0. The van der Waals surface area contributed by atoms with Crippen LogP contribution in [0.4, 0.5) is 0 Å². The minimum Gasteiger partial charge on any atom is -0.481 e. The molecule has 1 aromatic rings. The first-order chi connectivity index (χ1) is 14.7. The van der Waals surface area contributed by atoms with Crippen molar-refractivity contribution < 1.29 is 9.53 Å². The normalized spacial score (nSPS) is 32.7. The van der Waals surface area contributed by atoms with Crippen molar-refractivity contribution in [3.8, 4) is 5.88 Å². The standard InChI is InChI=1S/C25H37N3O2/c1-30-24-11-10-19(14-26-24)15-27-16-20-13-21(17-27)23(12-18-6-3-2-4-7-18)28-22(20)8-5-9-25(28)29/h10-11,14,18,20-23H,2-9,12-13,15-17H2,1H3/t20-,21+,22+,23+/m1/s1. The van der Waals surface area contributed by atoms with Gasteiger partial charge in [-0.25, -0.2) is 4.98 Å². The summed E-state index contributed by atoms with van der Waals surface area (Å²) in [6, 6.07) is 5.06. The van der Waals surface area contributed by atoms with E-state index in [0.717, 1.165) is 38.4 Å². The quantitative estimate of drug-likeness (QED) is 0.726. The molecule has 0 radical (unpaired) electrons. The van der Waals surface area contributed by atoms with Crippen molar-refractivity contribution in [1.82, 2.24) is 14.8 Å². The zero-order valence-electron chi connectivity index (χ0n) is 18.5. The molecule has 0 unspecified atom stereocenters. The van der Waals surface area contributed by atoms with Crippen molar-refractivity contribution in [2.24, 2.45) is 17.8 Å². The van der Waals surface area contributed by atoms with Gasteiger partial charge in [0.25, 0.3) is 0 Å². The summed E-state index contributed by atoms with van der Waals surface area (Å²) in [6.45, 7) is 3.20. The number of methoxy groups -OCH3 is 1. The summed E-state index contributed by atoms with van der Waals surface area (Å²) in [5, 5.41) is 0. The van der Waals surface area contributed by atoms with Crippen molar-refractivity contribution in [2.45, 2.75) is 82.8 Å². The van der Waals surface area contributed by atoms with E-state index in [1.165, 1.54) is 56.9 Å². The van der Waals surface area contributed by atoms with Crippen LogP contribution in [0.5, 0.6) is 5.88 Å². The molecule has 4 heterocycles. The van der Waals surface area contributed by atoms with Gasteiger partial charge in [-0.05, 0) is 49.0 Å². The Kier molecular flexibility index (Phi) is 5.99. The molecule has 164 valence electrons. The van der Waals surface area contributed by atoms with E-state index < -0.39 is 0 Å². The second kappa shape index (κ2) is 8.86. The van der Waals surface area contributed by atoms with Crippen molar-refractivity contribution in [3.05, 3.63) is 23.9 Å². The Hall–Kier alpha value is -1.62. The molecule has 0 N–H and O–H groups in total. The summed E-state index contributed by atoms with van der Waals surface area (Å²) < 4.78 is 5.21. The molecule has 5 heteroatoms. The second-order valence-electron chi connectivity index (χ2n) is 10.2. The van der Waals surface area contributed by atoms with Crippen molar-refractivity contribution in [1.29, 1.82) is 0 Å². The molecule has 5 rings (SSSR count). The van der Waals surface area contributed by atoms with Gasteiger partial charge in [0.15, 0.2) is 0 Å². The van der Waals surface area contributed by atoms with Gasteiger partial charge in [-0.3, -0.25) is 9.69 Å². The van der Waals surface area contributed by atoms with E-state index in [4.69, 9.17) is 4.74 Å². The van der Waals surface area contributed by atoms with Crippen LogP contribution >= 0.6 is 0 Å². The minimum absolute atomic E-state index is 0.453. The molecule has 4 atom stereocenters. The Morgan fingerprint density at radius 2 is 1.90 bits per heavy atom. The Balaban J connectivity index is 1.33. The summed E-state index contributed by atoms with van der Waals surface area (Å²) in [7, 11) is 1.66. The number of carbonyl (C=O) groups is 1. The van der Waals surface area contributed by atoms with E-state index >= 15 is 0 Å². The van der Waals surface area contributed by atoms with Gasteiger partial charge in [-0.1, -0.05) is 38.2 Å². The van der Waals surface area contributed by atoms with E-state index in [0.29, 0.717) is 35.7 Å². The van der Waals surface area contributed by atoms with Gasteiger partial charge in [0.2, 0.25) is 11.8 Å². The fourth-order valence-corrected chi connectivity index (χ4v) is 6.95. The average Bonchev–Trinajstić information content (AvgIpc) is 2.78. The number of hydrogen-bond donors (Lipinski definition) is 0. The molecule has 2 bridgehead atoms.